The third-order valence-electron chi connectivity index (χ3n) is 6.85. The Balaban J connectivity index is 1.53. The summed E-state index contributed by atoms with van der Waals surface area (Å²) in [6.07, 6.45) is 22.1. The highest BCUT2D eigenvalue weighted by molar-refractivity contribution is 5.52. The smallest absolute Gasteiger partial charge is 0.145 e. The summed E-state index contributed by atoms with van der Waals surface area (Å²) in [7, 11) is 0. The van der Waals surface area contributed by atoms with Crippen LogP contribution in [-0.4, -0.2) is 16.4 Å². The SMILES string of the molecule is CCCCCCCCCCCCCCCCCCOc1ccccc1-n1nc(C(C)(C)C)cc1N. The van der Waals surface area contributed by atoms with Crippen LogP contribution in [0.2, 0.25) is 0 Å². The highest BCUT2D eigenvalue weighted by Gasteiger charge is 2.20. The number of para-hydroxylation sites is 2. The molecule has 4 heteroatoms. The first-order valence-corrected chi connectivity index (χ1v) is 14.5. The lowest BCUT2D eigenvalue weighted by Gasteiger charge is -2.15. The third kappa shape index (κ3) is 11.5. The Hall–Kier alpha value is -1.97. The molecule has 198 valence electrons. The second-order valence-electron chi connectivity index (χ2n) is 11.2. The van der Waals surface area contributed by atoms with Crippen molar-refractivity contribution in [3.63, 3.8) is 0 Å². The molecule has 2 N–H and O–H groups in total. The predicted octanol–water partition coefficient (Wildman–Crippen LogP) is 9.39. The molecule has 2 aromatic rings. The van der Waals surface area contributed by atoms with Gasteiger partial charge in [-0.2, -0.15) is 5.10 Å². The number of hydrogen-bond donors (Lipinski definition) is 1. The van der Waals surface area contributed by atoms with Crippen molar-refractivity contribution in [3.05, 3.63) is 36.0 Å². The highest BCUT2D eigenvalue weighted by Crippen LogP contribution is 2.29. The molecule has 35 heavy (non-hydrogen) atoms. The molecular weight excluding hydrogens is 430 g/mol. The van der Waals surface area contributed by atoms with Gasteiger partial charge in [-0.05, 0) is 18.6 Å². The molecule has 0 spiro atoms. The molecule has 1 heterocycles. The van der Waals surface area contributed by atoms with Gasteiger partial charge in [0.2, 0.25) is 0 Å². The van der Waals surface area contributed by atoms with Gasteiger partial charge in [-0.25, -0.2) is 4.68 Å². The average Bonchev–Trinajstić information content (AvgIpc) is 3.23. The van der Waals surface area contributed by atoms with Crippen LogP contribution >= 0.6 is 0 Å². The zero-order valence-corrected chi connectivity index (χ0v) is 23.3. The molecule has 0 bridgehead atoms. The van der Waals surface area contributed by atoms with Crippen molar-refractivity contribution < 1.29 is 4.74 Å². The first-order chi connectivity index (χ1) is 16.9. The van der Waals surface area contributed by atoms with Crippen LogP contribution in [0.4, 0.5) is 5.82 Å². The van der Waals surface area contributed by atoms with E-state index in [2.05, 4.69) is 27.7 Å². The van der Waals surface area contributed by atoms with E-state index in [0.717, 1.165) is 30.2 Å². The maximum absolute atomic E-state index is 6.28. The molecule has 0 saturated heterocycles. The Bertz CT molecular complexity index is 806. The van der Waals surface area contributed by atoms with E-state index in [-0.39, 0.29) is 5.41 Å². The third-order valence-corrected chi connectivity index (χ3v) is 6.85. The van der Waals surface area contributed by atoms with Crippen molar-refractivity contribution in [2.75, 3.05) is 12.3 Å². The van der Waals surface area contributed by atoms with Crippen LogP contribution in [0.15, 0.2) is 30.3 Å². The Morgan fingerprint density at radius 3 is 1.71 bits per heavy atom. The topological polar surface area (TPSA) is 53.1 Å². The number of aromatic nitrogens is 2. The lowest BCUT2D eigenvalue weighted by Crippen LogP contribution is -2.13. The zero-order chi connectivity index (χ0) is 25.4. The Morgan fingerprint density at radius 2 is 1.23 bits per heavy atom. The van der Waals surface area contributed by atoms with Crippen LogP contribution in [0.1, 0.15) is 136 Å². The fourth-order valence-electron chi connectivity index (χ4n) is 4.54. The van der Waals surface area contributed by atoms with Gasteiger partial charge in [0, 0.05) is 11.5 Å². The summed E-state index contributed by atoms with van der Waals surface area (Å²) in [6, 6.07) is 10.0. The molecule has 0 atom stereocenters. The molecule has 0 radical (unpaired) electrons. The van der Waals surface area contributed by atoms with E-state index in [9.17, 15) is 0 Å². The van der Waals surface area contributed by atoms with Gasteiger partial charge >= 0.3 is 0 Å². The van der Waals surface area contributed by atoms with E-state index >= 15 is 0 Å². The normalized spacial score (nSPS) is 11.8. The number of nitrogens with zero attached hydrogens (tertiary/aromatic N) is 2. The highest BCUT2D eigenvalue weighted by atomic mass is 16.5. The summed E-state index contributed by atoms with van der Waals surface area (Å²) in [5, 5.41) is 4.75. The Kier molecular flexibility index (Phi) is 13.9. The van der Waals surface area contributed by atoms with Gasteiger partial charge in [0.25, 0.3) is 0 Å². The van der Waals surface area contributed by atoms with Crippen LogP contribution in [-0.2, 0) is 5.41 Å². The standard InChI is InChI=1S/C31H53N3O/c1-5-6-7-8-9-10-11-12-13-14-15-16-17-18-19-22-25-35-28-24-21-20-23-27(28)34-30(32)26-29(33-34)31(2,3)4/h20-21,23-24,26H,5-19,22,25,32H2,1-4H3. The number of ether oxygens (including phenoxy) is 1. The minimum absolute atomic E-state index is 0.0390. The minimum atomic E-state index is -0.0390. The molecular formula is C31H53N3O. The quantitative estimate of drug-likeness (QED) is 0.202. The minimum Gasteiger partial charge on any atom is -0.491 e. The Morgan fingerprint density at radius 1 is 0.743 bits per heavy atom. The summed E-state index contributed by atoms with van der Waals surface area (Å²) in [5.41, 5.74) is 8.14. The van der Waals surface area contributed by atoms with Crippen LogP contribution in [0.3, 0.4) is 0 Å². The van der Waals surface area contributed by atoms with Crippen molar-refractivity contribution in [2.45, 2.75) is 136 Å². The van der Waals surface area contributed by atoms with Crippen molar-refractivity contribution in [1.82, 2.24) is 9.78 Å². The van der Waals surface area contributed by atoms with E-state index in [4.69, 9.17) is 15.6 Å². The lowest BCUT2D eigenvalue weighted by molar-refractivity contribution is 0.303. The van der Waals surface area contributed by atoms with E-state index in [1.807, 2.05) is 35.0 Å². The number of nitrogen functional groups attached to an aromatic ring is 1. The monoisotopic (exact) mass is 483 g/mol. The molecule has 1 aromatic heterocycles. The molecule has 0 aliphatic rings. The second kappa shape index (κ2) is 16.7. The summed E-state index contributed by atoms with van der Waals surface area (Å²) < 4.78 is 7.95. The van der Waals surface area contributed by atoms with Crippen molar-refractivity contribution >= 4 is 5.82 Å². The van der Waals surface area contributed by atoms with Crippen molar-refractivity contribution in [2.24, 2.45) is 0 Å². The zero-order valence-electron chi connectivity index (χ0n) is 23.3. The maximum atomic E-state index is 6.28. The van der Waals surface area contributed by atoms with E-state index in [0.29, 0.717) is 5.82 Å². The summed E-state index contributed by atoms with van der Waals surface area (Å²) in [4.78, 5) is 0. The predicted molar refractivity (Wildman–Crippen MR) is 152 cm³/mol. The average molecular weight is 484 g/mol. The van der Waals surface area contributed by atoms with Crippen LogP contribution in [0.25, 0.3) is 5.69 Å². The van der Waals surface area contributed by atoms with Crippen molar-refractivity contribution in [3.8, 4) is 11.4 Å². The maximum Gasteiger partial charge on any atom is 0.145 e. The van der Waals surface area contributed by atoms with E-state index < -0.39 is 0 Å². The summed E-state index contributed by atoms with van der Waals surface area (Å²) >= 11 is 0. The molecule has 0 unspecified atom stereocenters. The Labute approximate surface area is 216 Å². The number of anilines is 1. The number of rotatable bonds is 19. The molecule has 0 amide bonds. The van der Waals surface area contributed by atoms with Crippen LogP contribution < -0.4 is 10.5 Å². The van der Waals surface area contributed by atoms with Gasteiger partial charge in [-0.15, -0.1) is 0 Å². The van der Waals surface area contributed by atoms with E-state index in [1.165, 1.54) is 96.3 Å². The van der Waals surface area contributed by atoms with Crippen LogP contribution in [0, 0.1) is 0 Å². The number of hydrogen-bond acceptors (Lipinski definition) is 3. The molecule has 0 saturated carbocycles. The first kappa shape index (κ1) is 29.3. The van der Waals surface area contributed by atoms with Gasteiger partial charge in [0.1, 0.15) is 17.3 Å². The van der Waals surface area contributed by atoms with Gasteiger partial charge in [0.15, 0.2) is 0 Å². The number of benzene rings is 1. The largest absolute Gasteiger partial charge is 0.491 e. The van der Waals surface area contributed by atoms with Crippen LogP contribution in [0.5, 0.6) is 5.75 Å². The molecule has 0 fully saturated rings. The second-order valence-corrected chi connectivity index (χ2v) is 11.2. The van der Waals surface area contributed by atoms with E-state index in [1.54, 1.807) is 0 Å². The molecule has 1 aromatic carbocycles. The fraction of sp³-hybridized carbons (Fsp3) is 0.710. The molecule has 0 aliphatic heterocycles. The van der Waals surface area contributed by atoms with Gasteiger partial charge in [-0.3, -0.25) is 0 Å². The summed E-state index contributed by atoms with van der Waals surface area (Å²) in [6.45, 7) is 9.48. The number of nitrogens with two attached hydrogens (primary N) is 1. The van der Waals surface area contributed by atoms with Gasteiger partial charge < -0.3 is 10.5 Å². The summed E-state index contributed by atoms with van der Waals surface area (Å²) in [5.74, 6) is 1.50. The fourth-order valence-corrected chi connectivity index (χ4v) is 4.54. The lowest BCUT2D eigenvalue weighted by atomic mass is 9.92. The van der Waals surface area contributed by atoms with Gasteiger partial charge in [-0.1, -0.05) is 136 Å². The molecule has 2 rings (SSSR count). The van der Waals surface area contributed by atoms with Gasteiger partial charge in [0.05, 0.1) is 12.3 Å². The first-order valence-electron chi connectivity index (χ1n) is 14.5. The van der Waals surface area contributed by atoms with Crippen molar-refractivity contribution in [1.29, 1.82) is 0 Å². The number of unbranched alkanes of at least 4 members (excludes halogenated alkanes) is 15. The molecule has 0 aliphatic carbocycles. The molecule has 4 nitrogen and oxygen atoms in total.